The number of nitrogens with one attached hydrogen (secondary N) is 1. The van der Waals surface area contributed by atoms with E-state index in [9.17, 15) is 14.7 Å². The Hall–Kier alpha value is -1.71. The van der Waals surface area contributed by atoms with Crippen LogP contribution in [0.2, 0.25) is 0 Å². The lowest BCUT2D eigenvalue weighted by molar-refractivity contribution is -0.130. The zero-order valence-electron chi connectivity index (χ0n) is 15.1. The summed E-state index contributed by atoms with van der Waals surface area (Å²) in [6, 6.07) is 0. The van der Waals surface area contributed by atoms with E-state index in [1.54, 1.807) is 38.8 Å². The minimum Gasteiger partial charge on any atom is -0.444 e. The van der Waals surface area contributed by atoms with Gasteiger partial charge >= 0.3 is 6.09 Å². The third-order valence-corrected chi connectivity index (χ3v) is 4.72. The zero-order chi connectivity index (χ0) is 18.6. The number of nitrogens with zero attached hydrogens (tertiary/aromatic N) is 3. The monoisotopic (exact) mass is 370 g/mol. The highest BCUT2D eigenvalue weighted by atomic mass is 32.1. The molecule has 1 fully saturated rings. The minimum atomic E-state index is -0.685. The van der Waals surface area contributed by atoms with E-state index in [1.165, 1.54) is 11.3 Å². The molecule has 2 amide bonds. The van der Waals surface area contributed by atoms with Crippen molar-refractivity contribution in [1.82, 2.24) is 14.8 Å². The van der Waals surface area contributed by atoms with Gasteiger partial charge in [0.15, 0.2) is 5.13 Å². The number of aliphatic hydroxyl groups is 1. The number of thiazole rings is 1. The molecular weight excluding hydrogens is 344 g/mol. The molecule has 2 N–H and O–H groups in total. The Morgan fingerprint density at radius 2 is 2.00 bits per heavy atom. The normalized spacial score (nSPS) is 17.2. The molecule has 140 valence electrons. The van der Waals surface area contributed by atoms with Gasteiger partial charge in [0.2, 0.25) is 5.91 Å². The van der Waals surface area contributed by atoms with Gasteiger partial charge in [-0.15, -0.1) is 0 Å². The molecule has 2 rings (SSSR count). The summed E-state index contributed by atoms with van der Waals surface area (Å²) in [5.41, 5.74) is -0.578. The molecule has 2 heterocycles. The van der Waals surface area contributed by atoms with Gasteiger partial charge in [-0.05, 0) is 20.8 Å². The molecule has 0 saturated carbocycles. The summed E-state index contributed by atoms with van der Waals surface area (Å²) < 4.78 is 5.18. The standard InChI is InChI=1S/C16H26N4O4S/c1-11(21)20-7-5-19(6-8-20)10-12(22)13-9-17-14(25-13)18-15(23)24-16(2,3)4/h9,12,22H,5-8,10H2,1-4H3,(H,17,18,23). The Morgan fingerprint density at radius 1 is 1.36 bits per heavy atom. The number of ether oxygens (including phenoxy) is 1. The highest BCUT2D eigenvalue weighted by Crippen LogP contribution is 2.26. The summed E-state index contributed by atoms with van der Waals surface area (Å²) in [5, 5.41) is 13.4. The number of aliphatic hydroxyl groups excluding tert-OH is 1. The van der Waals surface area contributed by atoms with Gasteiger partial charge in [0, 0.05) is 45.8 Å². The van der Waals surface area contributed by atoms with E-state index in [4.69, 9.17) is 4.74 Å². The third-order valence-electron chi connectivity index (χ3n) is 3.71. The maximum atomic E-state index is 11.7. The van der Waals surface area contributed by atoms with Crippen molar-refractivity contribution in [1.29, 1.82) is 0 Å². The molecule has 25 heavy (non-hydrogen) atoms. The molecule has 1 aliphatic rings. The average molecular weight is 370 g/mol. The van der Waals surface area contributed by atoms with Gasteiger partial charge in [-0.3, -0.25) is 15.0 Å². The third kappa shape index (κ3) is 6.26. The highest BCUT2D eigenvalue weighted by molar-refractivity contribution is 7.15. The van der Waals surface area contributed by atoms with Gasteiger partial charge in [0.25, 0.3) is 0 Å². The van der Waals surface area contributed by atoms with E-state index in [2.05, 4.69) is 15.2 Å². The Kier molecular flexibility index (Phi) is 6.36. The van der Waals surface area contributed by atoms with E-state index < -0.39 is 17.8 Å². The second-order valence-electron chi connectivity index (χ2n) is 7.02. The van der Waals surface area contributed by atoms with Gasteiger partial charge in [-0.25, -0.2) is 9.78 Å². The summed E-state index contributed by atoms with van der Waals surface area (Å²) in [5.74, 6) is 0.0838. The Bertz CT molecular complexity index is 606. The largest absolute Gasteiger partial charge is 0.444 e. The zero-order valence-corrected chi connectivity index (χ0v) is 15.9. The molecule has 1 saturated heterocycles. The number of aromatic nitrogens is 1. The predicted molar refractivity (Wildman–Crippen MR) is 95.6 cm³/mol. The summed E-state index contributed by atoms with van der Waals surface area (Å²) in [6.07, 6.45) is 0.312. The van der Waals surface area contributed by atoms with E-state index in [0.717, 1.165) is 13.1 Å². The molecule has 0 spiro atoms. The van der Waals surface area contributed by atoms with Crippen LogP contribution in [0.1, 0.15) is 38.7 Å². The quantitative estimate of drug-likeness (QED) is 0.837. The topological polar surface area (TPSA) is 95.0 Å². The van der Waals surface area contributed by atoms with Crippen LogP contribution in [0.25, 0.3) is 0 Å². The number of hydrogen-bond acceptors (Lipinski definition) is 7. The van der Waals surface area contributed by atoms with Gasteiger partial charge < -0.3 is 14.7 Å². The fourth-order valence-electron chi connectivity index (χ4n) is 2.47. The van der Waals surface area contributed by atoms with Gasteiger partial charge in [-0.2, -0.15) is 0 Å². The SMILES string of the molecule is CC(=O)N1CCN(CC(O)c2cnc(NC(=O)OC(C)(C)C)s2)CC1. The van der Waals surface area contributed by atoms with Crippen molar-refractivity contribution in [2.24, 2.45) is 0 Å². The van der Waals surface area contributed by atoms with Crippen molar-refractivity contribution < 1.29 is 19.4 Å². The molecule has 1 atom stereocenters. The van der Waals surface area contributed by atoms with Crippen LogP contribution in [-0.2, 0) is 9.53 Å². The van der Waals surface area contributed by atoms with Crippen molar-refractivity contribution in [3.63, 3.8) is 0 Å². The Morgan fingerprint density at radius 3 is 2.56 bits per heavy atom. The summed E-state index contributed by atoms with van der Waals surface area (Å²) in [6.45, 7) is 10.2. The number of anilines is 1. The Balaban J connectivity index is 1.83. The van der Waals surface area contributed by atoms with Crippen LogP contribution in [-0.4, -0.2) is 70.2 Å². The number of amides is 2. The van der Waals surface area contributed by atoms with Crippen molar-refractivity contribution in [3.05, 3.63) is 11.1 Å². The number of carbonyl (C=O) groups excluding carboxylic acids is 2. The number of hydrogen-bond donors (Lipinski definition) is 2. The molecule has 0 aromatic carbocycles. The molecule has 9 heteroatoms. The molecule has 1 aromatic rings. The first kappa shape index (κ1) is 19.6. The van der Waals surface area contributed by atoms with Crippen LogP contribution < -0.4 is 5.32 Å². The van der Waals surface area contributed by atoms with Crippen molar-refractivity contribution >= 4 is 28.5 Å². The first-order valence-electron chi connectivity index (χ1n) is 8.26. The molecular formula is C16H26N4O4S. The lowest BCUT2D eigenvalue weighted by Gasteiger charge is -2.34. The fourth-order valence-corrected chi connectivity index (χ4v) is 3.25. The van der Waals surface area contributed by atoms with E-state index in [1.807, 2.05) is 0 Å². The average Bonchev–Trinajstić information content (AvgIpc) is 2.94. The summed E-state index contributed by atoms with van der Waals surface area (Å²) >= 11 is 1.23. The van der Waals surface area contributed by atoms with Gasteiger partial charge in [0.05, 0.1) is 4.88 Å². The smallest absolute Gasteiger partial charge is 0.413 e. The lowest BCUT2D eigenvalue weighted by atomic mass is 10.2. The molecule has 1 unspecified atom stereocenters. The highest BCUT2D eigenvalue weighted by Gasteiger charge is 2.23. The van der Waals surface area contributed by atoms with E-state index in [0.29, 0.717) is 29.6 Å². The van der Waals surface area contributed by atoms with Crippen LogP contribution in [0.4, 0.5) is 9.93 Å². The molecule has 0 bridgehead atoms. The van der Waals surface area contributed by atoms with Crippen LogP contribution in [0.3, 0.4) is 0 Å². The van der Waals surface area contributed by atoms with Crippen LogP contribution in [0.15, 0.2) is 6.20 Å². The first-order chi connectivity index (χ1) is 11.6. The second-order valence-corrected chi connectivity index (χ2v) is 8.08. The molecule has 1 aliphatic heterocycles. The molecule has 0 aliphatic carbocycles. The number of rotatable bonds is 4. The lowest BCUT2D eigenvalue weighted by Crippen LogP contribution is -2.48. The van der Waals surface area contributed by atoms with Crippen molar-refractivity contribution in [2.75, 3.05) is 38.0 Å². The van der Waals surface area contributed by atoms with Crippen LogP contribution >= 0.6 is 11.3 Å². The fraction of sp³-hybridized carbons (Fsp3) is 0.688. The number of β-amino-alcohol motifs (C(OH)–C–C–N with tert-alkyl or cyclic N) is 1. The maximum absolute atomic E-state index is 11.7. The number of carbonyl (C=O) groups is 2. The van der Waals surface area contributed by atoms with E-state index >= 15 is 0 Å². The van der Waals surface area contributed by atoms with Crippen molar-refractivity contribution in [3.8, 4) is 0 Å². The minimum absolute atomic E-state index is 0.0838. The van der Waals surface area contributed by atoms with Gasteiger partial charge in [-0.1, -0.05) is 11.3 Å². The van der Waals surface area contributed by atoms with Crippen LogP contribution in [0.5, 0.6) is 0 Å². The van der Waals surface area contributed by atoms with Crippen LogP contribution in [0, 0.1) is 0 Å². The molecule has 1 aromatic heterocycles. The second kappa shape index (κ2) is 8.11. The first-order valence-corrected chi connectivity index (χ1v) is 9.07. The number of piperazine rings is 1. The molecule has 8 nitrogen and oxygen atoms in total. The van der Waals surface area contributed by atoms with Gasteiger partial charge in [0.1, 0.15) is 11.7 Å². The summed E-state index contributed by atoms with van der Waals surface area (Å²) in [7, 11) is 0. The summed E-state index contributed by atoms with van der Waals surface area (Å²) in [4.78, 5) is 31.8. The Labute approximate surface area is 151 Å². The predicted octanol–water partition coefficient (Wildman–Crippen LogP) is 1.69. The molecule has 0 radical (unpaired) electrons. The maximum Gasteiger partial charge on any atom is 0.413 e. The van der Waals surface area contributed by atoms with E-state index in [-0.39, 0.29) is 5.91 Å². The van der Waals surface area contributed by atoms with Crippen molar-refractivity contribution in [2.45, 2.75) is 39.4 Å².